The van der Waals surface area contributed by atoms with Crippen LogP contribution in [0.1, 0.15) is 22.3 Å². The smallest absolute Gasteiger partial charge is 0.263 e. The van der Waals surface area contributed by atoms with E-state index in [0.717, 1.165) is 10.6 Å². The summed E-state index contributed by atoms with van der Waals surface area (Å²) in [5.41, 5.74) is 1.59. The normalized spacial score (nSPS) is 11.5. The van der Waals surface area contributed by atoms with Crippen LogP contribution in [-0.4, -0.2) is 42.4 Å². The van der Waals surface area contributed by atoms with Gasteiger partial charge >= 0.3 is 0 Å². The van der Waals surface area contributed by atoms with Gasteiger partial charge in [-0.25, -0.2) is 4.98 Å². The van der Waals surface area contributed by atoms with Crippen molar-refractivity contribution >= 4 is 17.2 Å². The molecule has 0 aromatic carbocycles. The fraction of sp³-hybridized carbons (Fsp3) is 0.400. The maximum absolute atomic E-state index is 12.3. The number of rotatable bonds is 6. The quantitative estimate of drug-likeness (QED) is 0.826. The van der Waals surface area contributed by atoms with Gasteiger partial charge in [0, 0.05) is 32.2 Å². The second kappa shape index (κ2) is 6.95. The lowest BCUT2D eigenvalue weighted by molar-refractivity contribution is -0.187. The van der Waals surface area contributed by atoms with Gasteiger partial charge in [-0.05, 0) is 26.0 Å². The maximum Gasteiger partial charge on any atom is 0.263 e. The van der Waals surface area contributed by atoms with Gasteiger partial charge in [0.25, 0.3) is 5.91 Å². The van der Waals surface area contributed by atoms with Crippen molar-refractivity contribution in [3.63, 3.8) is 0 Å². The summed E-state index contributed by atoms with van der Waals surface area (Å²) in [6, 6.07) is 3.76. The third-order valence-electron chi connectivity index (χ3n) is 3.34. The van der Waals surface area contributed by atoms with Crippen molar-refractivity contribution in [2.24, 2.45) is 0 Å². The van der Waals surface area contributed by atoms with Gasteiger partial charge in [-0.2, -0.15) is 0 Å². The highest BCUT2D eigenvalue weighted by Gasteiger charge is 2.25. The highest BCUT2D eigenvalue weighted by atomic mass is 32.1. The van der Waals surface area contributed by atoms with Crippen molar-refractivity contribution in [1.82, 2.24) is 15.3 Å². The Kier molecular flexibility index (Phi) is 5.23. The lowest BCUT2D eigenvalue weighted by Gasteiger charge is -2.26. The second-order valence-corrected chi connectivity index (χ2v) is 5.90. The summed E-state index contributed by atoms with van der Waals surface area (Å²) in [6.07, 6.45) is 3.43. The number of amides is 1. The molecule has 7 heteroatoms. The summed E-state index contributed by atoms with van der Waals surface area (Å²) in [7, 11) is 3.07. The zero-order valence-electron chi connectivity index (χ0n) is 13.0. The van der Waals surface area contributed by atoms with Crippen LogP contribution in [-0.2, 0) is 9.47 Å². The van der Waals surface area contributed by atoms with Gasteiger partial charge in [-0.3, -0.25) is 9.78 Å². The molecular weight excluding hydrogens is 302 g/mol. The average Bonchev–Trinajstić information content (AvgIpc) is 2.95. The molecule has 2 aromatic rings. The van der Waals surface area contributed by atoms with Crippen LogP contribution in [0, 0.1) is 6.92 Å². The monoisotopic (exact) mass is 321 g/mol. The standard InChI is InChI=1S/C15H19N3O3S/c1-10-12(13(19)17-9-15(2,20-3)21-4)22-14(18-10)11-6-5-7-16-8-11/h5-8H,9H2,1-4H3,(H,17,19). The highest BCUT2D eigenvalue weighted by molar-refractivity contribution is 7.17. The molecule has 0 aliphatic heterocycles. The molecule has 2 heterocycles. The van der Waals surface area contributed by atoms with Crippen LogP contribution in [0.2, 0.25) is 0 Å². The van der Waals surface area contributed by atoms with Crippen LogP contribution in [0.4, 0.5) is 0 Å². The Bertz CT molecular complexity index is 639. The summed E-state index contributed by atoms with van der Waals surface area (Å²) in [5.74, 6) is -1.04. The van der Waals surface area contributed by atoms with Gasteiger partial charge in [0.1, 0.15) is 9.88 Å². The Balaban J connectivity index is 2.13. The van der Waals surface area contributed by atoms with Crippen molar-refractivity contribution in [1.29, 1.82) is 0 Å². The first-order chi connectivity index (χ1) is 10.5. The van der Waals surface area contributed by atoms with Crippen molar-refractivity contribution in [3.8, 4) is 10.6 Å². The summed E-state index contributed by atoms with van der Waals surface area (Å²) < 4.78 is 10.4. The van der Waals surface area contributed by atoms with Gasteiger partial charge in [0.05, 0.1) is 12.2 Å². The lowest BCUT2D eigenvalue weighted by Crippen LogP contribution is -2.43. The van der Waals surface area contributed by atoms with E-state index in [1.165, 1.54) is 25.6 Å². The van der Waals surface area contributed by atoms with Crippen molar-refractivity contribution in [3.05, 3.63) is 35.1 Å². The molecule has 0 aliphatic rings. The first-order valence-corrected chi connectivity index (χ1v) is 7.57. The minimum atomic E-state index is -0.847. The van der Waals surface area contributed by atoms with E-state index in [2.05, 4.69) is 15.3 Å². The predicted molar refractivity (Wildman–Crippen MR) is 84.8 cm³/mol. The molecule has 2 rings (SSSR count). The zero-order chi connectivity index (χ0) is 16.2. The molecule has 0 saturated carbocycles. The first-order valence-electron chi connectivity index (χ1n) is 6.75. The molecule has 6 nitrogen and oxygen atoms in total. The minimum Gasteiger partial charge on any atom is -0.352 e. The Morgan fingerprint density at radius 2 is 2.14 bits per heavy atom. The summed E-state index contributed by atoms with van der Waals surface area (Å²) in [5, 5.41) is 3.59. The van der Waals surface area contributed by atoms with Crippen LogP contribution in [0.15, 0.2) is 24.5 Å². The number of aryl methyl sites for hydroxylation is 1. The van der Waals surface area contributed by atoms with E-state index in [1.54, 1.807) is 19.3 Å². The number of aromatic nitrogens is 2. The Labute approximate surface area is 133 Å². The number of ether oxygens (including phenoxy) is 2. The van der Waals surface area contributed by atoms with E-state index >= 15 is 0 Å². The van der Waals surface area contributed by atoms with Gasteiger partial charge in [0.2, 0.25) is 0 Å². The third-order valence-corrected chi connectivity index (χ3v) is 4.55. The largest absolute Gasteiger partial charge is 0.352 e. The number of thiazole rings is 1. The number of hydrogen-bond acceptors (Lipinski definition) is 6. The molecule has 0 bridgehead atoms. The first kappa shape index (κ1) is 16.5. The van der Waals surface area contributed by atoms with Gasteiger partial charge in [-0.1, -0.05) is 0 Å². The Hall–Kier alpha value is -1.83. The maximum atomic E-state index is 12.3. The fourth-order valence-electron chi connectivity index (χ4n) is 1.77. The van der Waals surface area contributed by atoms with Crippen molar-refractivity contribution < 1.29 is 14.3 Å². The van der Waals surface area contributed by atoms with Crippen LogP contribution in [0.5, 0.6) is 0 Å². The van der Waals surface area contributed by atoms with E-state index < -0.39 is 5.79 Å². The lowest BCUT2D eigenvalue weighted by atomic mass is 10.3. The number of methoxy groups -OCH3 is 2. The zero-order valence-corrected chi connectivity index (χ0v) is 13.9. The topological polar surface area (TPSA) is 73.3 Å². The number of pyridine rings is 1. The molecule has 0 atom stereocenters. The number of nitrogens with one attached hydrogen (secondary N) is 1. The van der Waals surface area contributed by atoms with Gasteiger partial charge < -0.3 is 14.8 Å². The van der Waals surface area contributed by atoms with E-state index in [0.29, 0.717) is 10.6 Å². The Morgan fingerprint density at radius 3 is 2.73 bits per heavy atom. The second-order valence-electron chi connectivity index (χ2n) is 4.90. The molecule has 118 valence electrons. The molecule has 0 saturated heterocycles. The molecule has 2 aromatic heterocycles. The van der Waals surface area contributed by atoms with Crippen LogP contribution >= 0.6 is 11.3 Å². The minimum absolute atomic E-state index is 0.189. The van der Waals surface area contributed by atoms with E-state index in [4.69, 9.17) is 9.47 Å². The van der Waals surface area contributed by atoms with Crippen molar-refractivity contribution in [2.45, 2.75) is 19.6 Å². The van der Waals surface area contributed by atoms with E-state index in [1.807, 2.05) is 19.1 Å². The van der Waals surface area contributed by atoms with E-state index in [9.17, 15) is 4.79 Å². The number of carbonyl (C=O) groups is 1. The number of hydrogen-bond donors (Lipinski definition) is 1. The molecule has 0 fully saturated rings. The van der Waals surface area contributed by atoms with E-state index in [-0.39, 0.29) is 12.5 Å². The number of carbonyl (C=O) groups excluding carboxylic acids is 1. The predicted octanol–water partition coefficient (Wildman–Crippen LogP) is 2.25. The van der Waals surface area contributed by atoms with Gasteiger partial charge in [0.15, 0.2) is 5.79 Å². The van der Waals surface area contributed by atoms with Crippen LogP contribution < -0.4 is 5.32 Å². The molecule has 1 amide bonds. The van der Waals surface area contributed by atoms with Crippen LogP contribution in [0.3, 0.4) is 0 Å². The highest BCUT2D eigenvalue weighted by Crippen LogP contribution is 2.27. The molecule has 0 radical (unpaired) electrons. The molecule has 0 aliphatic carbocycles. The molecule has 1 N–H and O–H groups in total. The molecular formula is C15H19N3O3S. The van der Waals surface area contributed by atoms with Crippen molar-refractivity contribution in [2.75, 3.05) is 20.8 Å². The molecule has 0 spiro atoms. The van der Waals surface area contributed by atoms with Crippen LogP contribution in [0.25, 0.3) is 10.6 Å². The molecule has 0 unspecified atom stereocenters. The Morgan fingerprint density at radius 1 is 1.41 bits per heavy atom. The molecule has 22 heavy (non-hydrogen) atoms. The summed E-state index contributed by atoms with van der Waals surface area (Å²) in [4.78, 5) is 21.4. The average molecular weight is 321 g/mol. The van der Waals surface area contributed by atoms with Gasteiger partial charge in [-0.15, -0.1) is 11.3 Å². The summed E-state index contributed by atoms with van der Waals surface area (Å²) >= 11 is 1.34. The fourth-order valence-corrected chi connectivity index (χ4v) is 2.74. The number of nitrogens with zero attached hydrogens (tertiary/aromatic N) is 2. The third kappa shape index (κ3) is 3.68. The SMILES string of the molecule is COC(C)(CNC(=O)c1sc(-c2cccnc2)nc1C)OC. The summed E-state index contributed by atoms with van der Waals surface area (Å²) in [6.45, 7) is 3.82.